The van der Waals surface area contributed by atoms with Crippen LogP contribution in [0.15, 0.2) is 48.8 Å². The molecule has 2 aromatic carbocycles. The molecule has 1 aliphatic heterocycles. The van der Waals surface area contributed by atoms with E-state index < -0.39 is 0 Å². The predicted octanol–water partition coefficient (Wildman–Crippen LogP) is 5.41. The first kappa shape index (κ1) is 18.2. The first-order chi connectivity index (χ1) is 13.8. The van der Waals surface area contributed by atoms with Gasteiger partial charge in [0.05, 0.1) is 0 Å². The molecule has 150 valence electrons. The number of aromatic nitrogens is 2. The molecule has 1 saturated carbocycles. The summed E-state index contributed by atoms with van der Waals surface area (Å²) in [6, 6.07) is 14.6. The third-order valence-electron chi connectivity index (χ3n) is 6.47. The number of anilines is 2. The molecule has 1 aliphatic carbocycles. The fraction of sp³-hybridized carbons (Fsp3) is 0.417. The zero-order valence-corrected chi connectivity index (χ0v) is 17.4. The Morgan fingerprint density at radius 1 is 1.03 bits per heavy atom. The van der Waals surface area contributed by atoms with Crippen molar-refractivity contribution < 1.29 is 4.74 Å². The van der Waals surface area contributed by atoms with Crippen molar-refractivity contribution >= 4 is 22.3 Å². The molecule has 1 saturated heterocycles. The molecule has 0 amide bonds. The summed E-state index contributed by atoms with van der Waals surface area (Å²) in [6.07, 6.45) is 5.16. The highest BCUT2D eigenvalue weighted by Crippen LogP contribution is 2.54. The molecule has 2 atom stereocenters. The van der Waals surface area contributed by atoms with Crippen molar-refractivity contribution in [2.24, 2.45) is 10.8 Å². The van der Waals surface area contributed by atoms with Crippen LogP contribution in [0.2, 0.25) is 0 Å². The van der Waals surface area contributed by atoms with Crippen molar-refractivity contribution in [3.05, 3.63) is 48.8 Å². The van der Waals surface area contributed by atoms with E-state index in [-0.39, 0.29) is 0 Å². The standard InChI is InChI=1S/C24H28N4O/c1-23(2)11-17-12-24(3,13-23)14-28(17)21-20(25)22(27-15-26-21)29-19-10-6-8-16-7-4-5-9-18(16)19/h4-10,15,17H,11-14,25H2,1-3H3. The number of nitrogens with two attached hydrogens (primary N) is 1. The molecule has 5 heteroatoms. The summed E-state index contributed by atoms with van der Waals surface area (Å²) in [6.45, 7) is 8.13. The molecule has 2 heterocycles. The van der Waals surface area contributed by atoms with E-state index in [2.05, 4.69) is 53.8 Å². The van der Waals surface area contributed by atoms with Gasteiger partial charge in [0, 0.05) is 18.0 Å². The van der Waals surface area contributed by atoms with Crippen LogP contribution in [0.3, 0.4) is 0 Å². The number of benzene rings is 2. The van der Waals surface area contributed by atoms with E-state index in [1.54, 1.807) is 6.33 Å². The summed E-state index contributed by atoms with van der Waals surface area (Å²) < 4.78 is 6.20. The molecule has 2 fully saturated rings. The Morgan fingerprint density at radius 2 is 1.83 bits per heavy atom. The average Bonchev–Trinajstić information content (AvgIpc) is 2.92. The van der Waals surface area contributed by atoms with Gasteiger partial charge in [-0.25, -0.2) is 4.98 Å². The van der Waals surface area contributed by atoms with Crippen molar-refractivity contribution in [1.29, 1.82) is 0 Å². The van der Waals surface area contributed by atoms with Gasteiger partial charge in [-0.15, -0.1) is 0 Å². The van der Waals surface area contributed by atoms with Gasteiger partial charge in [0.25, 0.3) is 0 Å². The van der Waals surface area contributed by atoms with Crippen LogP contribution in [-0.4, -0.2) is 22.6 Å². The average molecular weight is 389 g/mol. The van der Waals surface area contributed by atoms with Crippen LogP contribution < -0.4 is 15.4 Å². The largest absolute Gasteiger partial charge is 0.436 e. The summed E-state index contributed by atoms with van der Waals surface area (Å²) in [5.74, 6) is 1.99. The van der Waals surface area contributed by atoms with Crippen LogP contribution in [0.5, 0.6) is 11.6 Å². The van der Waals surface area contributed by atoms with E-state index in [1.165, 1.54) is 12.8 Å². The van der Waals surface area contributed by atoms with E-state index in [9.17, 15) is 0 Å². The lowest BCUT2D eigenvalue weighted by molar-refractivity contribution is 0.136. The monoisotopic (exact) mass is 388 g/mol. The van der Waals surface area contributed by atoms with Gasteiger partial charge in [-0.05, 0) is 41.5 Å². The zero-order chi connectivity index (χ0) is 20.2. The maximum absolute atomic E-state index is 6.56. The molecular formula is C24H28N4O. The van der Waals surface area contributed by atoms with Gasteiger partial charge in [0.2, 0.25) is 5.88 Å². The smallest absolute Gasteiger partial charge is 0.248 e. The second-order valence-electron chi connectivity index (χ2n) is 9.84. The molecule has 2 aliphatic rings. The number of nitrogens with zero attached hydrogens (tertiary/aromatic N) is 3. The van der Waals surface area contributed by atoms with Gasteiger partial charge in [-0.1, -0.05) is 57.2 Å². The Labute approximate surface area is 171 Å². The van der Waals surface area contributed by atoms with Crippen LogP contribution in [0, 0.1) is 10.8 Å². The summed E-state index contributed by atoms with van der Waals surface area (Å²) in [4.78, 5) is 11.3. The third kappa shape index (κ3) is 3.18. The number of hydrogen-bond donors (Lipinski definition) is 1. The van der Waals surface area contributed by atoms with Gasteiger partial charge in [-0.3, -0.25) is 0 Å². The quantitative estimate of drug-likeness (QED) is 0.650. The lowest BCUT2D eigenvalue weighted by Gasteiger charge is -2.39. The molecule has 29 heavy (non-hydrogen) atoms. The Hall–Kier alpha value is -2.82. The predicted molar refractivity (Wildman–Crippen MR) is 117 cm³/mol. The number of hydrogen-bond acceptors (Lipinski definition) is 5. The Bertz CT molecular complexity index is 1070. The zero-order valence-electron chi connectivity index (χ0n) is 17.4. The highest BCUT2D eigenvalue weighted by atomic mass is 16.5. The highest BCUT2D eigenvalue weighted by molar-refractivity contribution is 5.88. The van der Waals surface area contributed by atoms with Crippen LogP contribution in [0.1, 0.15) is 40.0 Å². The molecule has 1 aromatic heterocycles. The minimum atomic E-state index is 0.306. The SMILES string of the molecule is CC1(C)CC2CC(C)(CN2c2ncnc(Oc3cccc4ccccc34)c2N)C1. The number of ether oxygens (including phenoxy) is 1. The molecule has 2 unspecified atom stereocenters. The van der Waals surface area contributed by atoms with E-state index in [4.69, 9.17) is 10.5 Å². The van der Waals surface area contributed by atoms with Crippen molar-refractivity contribution in [2.45, 2.75) is 46.1 Å². The van der Waals surface area contributed by atoms with Crippen molar-refractivity contribution in [2.75, 3.05) is 17.2 Å². The van der Waals surface area contributed by atoms with E-state index in [0.29, 0.717) is 28.4 Å². The van der Waals surface area contributed by atoms with Gasteiger partial charge in [-0.2, -0.15) is 4.98 Å². The van der Waals surface area contributed by atoms with Crippen molar-refractivity contribution in [3.8, 4) is 11.6 Å². The summed E-state index contributed by atoms with van der Waals surface area (Å²) >= 11 is 0. The lowest BCUT2D eigenvalue weighted by atomic mass is 9.65. The number of rotatable bonds is 3. The molecule has 5 nitrogen and oxygen atoms in total. The first-order valence-corrected chi connectivity index (χ1v) is 10.4. The fourth-order valence-electron chi connectivity index (χ4n) is 5.78. The maximum Gasteiger partial charge on any atom is 0.248 e. The highest BCUT2D eigenvalue weighted by Gasteiger charge is 2.50. The topological polar surface area (TPSA) is 64.3 Å². The molecular weight excluding hydrogens is 360 g/mol. The second kappa shape index (κ2) is 6.34. The molecule has 5 rings (SSSR count). The van der Waals surface area contributed by atoms with Gasteiger partial charge in [0.1, 0.15) is 17.8 Å². The molecule has 2 bridgehead atoms. The Kier molecular flexibility index (Phi) is 3.99. The van der Waals surface area contributed by atoms with Crippen molar-refractivity contribution in [1.82, 2.24) is 9.97 Å². The minimum Gasteiger partial charge on any atom is -0.436 e. The van der Waals surface area contributed by atoms with E-state index in [1.807, 2.05) is 24.3 Å². The van der Waals surface area contributed by atoms with Crippen LogP contribution in [0.25, 0.3) is 10.8 Å². The lowest BCUT2D eigenvalue weighted by Crippen LogP contribution is -2.35. The molecule has 2 N–H and O–H groups in total. The van der Waals surface area contributed by atoms with Gasteiger partial charge < -0.3 is 15.4 Å². The maximum atomic E-state index is 6.56. The molecule has 3 aromatic rings. The van der Waals surface area contributed by atoms with E-state index in [0.717, 1.165) is 35.3 Å². The summed E-state index contributed by atoms with van der Waals surface area (Å²) in [7, 11) is 0. The Balaban J connectivity index is 1.50. The second-order valence-corrected chi connectivity index (χ2v) is 9.84. The van der Waals surface area contributed by atoms with E-state index >= 15 is 0 Å². The normalized spacial score (nSPS) is 25.3. The molecule has 0 spiro atoms. The minimum absolute atomic E-state index is 0.306. The Morgan fingerprint density at radius 3 is 2.69 bits per heavy atom. The first-order valence-electron chi connectivity index (χ1n) is 10.4. The van der Waals surface area contributed by atoms with Crippen LogP contribution in [-0.2, 0) is 0 Å². The van der Waals surface area contributed by atoms with Crippen LogP contribution in [0.4, 0.5) is 11.5 Å². The fourth-order valence-corrected chi connectivity index (χ4v) is 5.78. The van der Waals surface area contributed by atoms with Gasteiger partial charge >= 0.3 is 0 Å². The molecule has 0 radical (unpaired) electrons. The summed E-state index contributed by atoms with van der Waals surface area (Å²) in [5.41, 5.74) is 7.73. The van der Waals surface area contributed by atoms with Crippen molar-refractivity contribution in [3.63, 3.8) is 0 Å². The van der Waals surface area contributed by atoms with Crippen LogP contribution >= 0.6 is 0 Å². The third-order valence-corrected chi connectivity index (χ3v) is 6.47. The number of nitrogen functional groups attached to an aromatic ring is 1. The van der Waals surface area contributed by atoms with Gasteiger partial charge in [0.15, 0.2) is 5.82 Å². The summed E-state index contributed by atoms with van der Waals surface area (Å²) in [5, 5.41) is 2.17. The number of fused-ring (bicyclic) bond motifs is 3.